The normalized spacial score (nSPS) is 9.83. The highest BCUT2D eigenvalue weighted by atomic mass is 14.8. The summed E-state index contributed by atoms with van der Waals surface area (Å²) in [5, 5.41) is 3.25. The average molecular weight is 164 g/mol. The van der Waals surface area contributed by atoms with E-state index in [0.717, 1.165) is 24.3 Å². The minimum Gasteiger partial charge on any atom is -0.399 e. The lowest BCUT2D eigenvalue weighted by Gasteiger charge is -2.07. The van der Waals surface area contributed by atoms with Crippen LogP contribution in [-0.2, 0) is 6.42 Å². The maximum absolute atomic E-state index is 5.77. The van der Waals surface area contributed by atoms with Crippen LogP contribution < -0.4 is 11.1 Å². The Morgan fingerprint density at radius 3 is 2.67 bits per heavy atom. The van der Waals surface area contributed by atoms with Crippen molar-refractivity contribution >= 4 is 11.4 Å². The molecular weight excluding hydrogens is 148 g/mol. The van der Waals surface area contributed by atoms with Crippen molar-refractivity contribution in [2.24, 2.45) is 0 Å². The number of hydrogen-bond donors (Lipinski definition) is 2. The number of rotatable bonds is 3. The molecule has 0 spiro atoms. The third-order valence-corrected chi connectivity index (χ3v) is 1.90. The number of anilines is 2. The summed E-state index contributed by atoms with van der Waals surface area (Å²) in [4.78, 5) is 0. The zero-order chi connectivity index (χ0) is 8.97. The third kappa shape index (κ3) is 1.91. The number of benzene rings is 1. The van der Waals surface area contributed by atoms with Gasteiger partial charge in [0, 0.05) is 17.9 Å². The van der Waals surface area contributed by atoms with Crippen molar-refractivity contribution in [1.29, 1.82) is 0 Å². The van der Waals surface area contributed by atoms with E-state index in [1.54, 1.807) is 0 Å². The van der Waals surface area contributed by atoms with Crippen molar-refractivity contribution in [1.82, 2.24) is 0 Å². The summed E-state index contributed by atoms with van der Waals surface area (Å²) in [5.41, 5.74) is 9.03. The van der Waals surface area contributed by atoms with Crippen LogP contribution in [0.1, 0.15) is 19.4 Å². The first-order valence-corrected chi connectivity index (χ1v) is 4.40. The van der Waals surface area contributed by atoms with Gasteiger partial charge >= 0.3 is 0 Å². The minimum absolute atomic E-state index is 0.888. The van der Waals surface area contributed by atoms with Gasteiger partial charge in [-0.25, -0.2) is 0 Å². The zero-order valence-electron chi connectivity index (χ0n) is 7.72. The van der Waals surface area contributed by atoms with Gasteiger partial charge in [0.2, 0.25) is 0 Å². The molecule has 3 N–H and O–H groups in total. The molecule has 0 aliphatic heterocycles. The third-order valence-electron chi connectivity index (χ3n) is 1.90. The van der Waals surface area contributed by atoms with Gasteiger partial charge in [0.25, 0.3) is 0 Å². The largest absolute Gasteiger partial charge is 0.399 e. The van der Waals surface area contributed by atoms with Crippen molar-refractivity contribution in [3.05, 3.63) is 23.8 Å². The van der Waals surface area contributed by atoms with Gasteiger partial charge in [-0.05, 0) is 37.1 Å². The first-order chi connectivity index (χ1) is 5.77. The molecule has 2 nitrogen and oxygen atoms in total. The molecule has 0 saturated carbocycles. The van der Waals surface area contributed by atoms with Crippen molar-refractivity contribution in [3.8, 4) is 0 Å². The second-order valence-electron chi connectivity index (χ2n) is 2.80. The Bertz CT molecular complexity index is 256. The molecule has 0 fully saturated rings. The SMILES string of the molecule is CCNc1ccc(N)c(CC)c1. The van der Waals surface area contributed by atoms with E-state index in [-0.39, 0.29) is 0 Å². The van der Waals surface area contributed by atoms with Gasteiger partial charge in [-0.3, -0.25) is 0 Å². The highest BCUT2D eigenvalue weighted by Crippen LogP contribution is 2.17. The van der Waals surface area contributed by atoms with Crippen LogP contribution >= 0.6 is 0 Å². The van der Waals surface area contributed by atoms with Gasteiger partial charge in [-0.2, -0.15) is 0 Å². The first-order valence-electron chi connectivity index (χ1n) is 4.40. The first kappa shape index (κ1) is 8.91. The molecule has 2 heteroatoms. The standard InChI is InChI=1S/C10H16N2/c1-3-8-7-9(12-4-2)5-6-10(8)11/h5-7,12H,3-4,11H2,1-2H3. The maximum Gasteiger partial charge on any atom is 0.0347 e. The van der Waals surface area contributed by atoms with Gasteiger partial charge in [0.15, 0.2) is 0 Å². The molecule has 0 atom stereocenters. The molecule has 1 rings (SSSR count). The number of nitrogen functional groups attached to an aromatic ring is 1. The molecule has 0 bridgehead atoms. The van der Waals surface area contributed by atoms with E-state index < -0.39 is 0 Å². The Balaban J connectivity index is 2.89. The van der Waals surface area contributed by atoms with Crippen LogP contribution in [-0.4, -0.2) is 6.54 Å². The topological polar surface area (TPSA) is 38.0 Å². The summed E-state index contributed by atoms with van der Waals surface area (Å²) in [6.07, 6.45) is 0.991. The van der Waals surface area contributed by atoms with E-state index >= 15 is 0 Å². The molecule has 12 heavy (non-hydrogen) atoms. The average Bonchev–Trinajstić information content (AvgIpc) is 2.09. The van der Waals surface area contributed by atoms with E-state index in [1.807, 2.05) is 12.1 Å². The second kappa shape index (κ2) is 4.00. The predicted molar refractivity (Wildman–Crippen MR) is 54.4 cm³/mol. The van der Waals surface area contributed by atoms with E-state index in [2.05, 4.69) is 25.2 Å². The summed E-state index contributed by atoms with van der Waals surface area (Å²) in [6, 6.07) is 6.08. The number of nitrogens with two attached hydrogens (primary N) is 1. The lowest BCUT2D eigenvalue weighted by molar-refractivity contribution is 1.13. The van der Waals surface area contributed by atoms with Crippen LogP contribution in [0, 0.1) is 0 Å². The highest BCUT2D eigenvalue weighted by Gasteiger charge is 1.97. The minimum atomic E-state index is 0.888. The molecule has 0 aliphatic rings. The summed E-state index contributed by atoms with van der Waals surface area (Å²) >= 11 is 0. The maximum atomic E-state index is 5.77. The van der Waals surface area contributed by atoms with Crippen molar-refractivity contribution in [3.63, 3.8) is 0 Å². The smallest absolute Gasteiger partial charge is 0.0347 e. The fourth-order valence-electron chi connectivity index (χ4n) is 1.23. The Kier molecular flexibility index (Phi) is 2.97. The molecule has 0 radical (unpaired) electrons. The lowest BCUT2D eigenvalue weighted by Crippen LogP contribution is -1.99. The molecular formula is C10H16N2. The van der Waals surface area contributed by atoms with Crippen LogP contribution in [0.15, 0.2) is 18.2 Å². The van der Waals surface area contributed by atoms with Crippen LogP contribution in [0.3, 0.4) is 0 Å². The Labute approximate surface area is 73.8 Å². The molecule has 0 amide bonds. The zero-order valence-corrected chi connectivity index (χ0v) is 7.72. The molecule has 0 saturated heterocycles. The van der Waals surface area contributed by atoms with Gasteiger partial charge in [-0.15, -0.1) is 0 Å². The Morgan fingerprint density at radius 2 is 2.08 bits per heavy atom. The number of nitrogens with one attached hydrogen (secondary N) is 1. The van der Waals surface area contributed by atoms with E-state index in [9.17, 15) is 0 Å². The highest BCUT2D eigenvalue weighted by molar-refractivity contribution is 5.57. The molecule has 1 aromatic rings. The molecule has 0 heterocycles. The molecule has 66 valence electrons. The molecule has 0 unspecified atom stereocenters. The second-order valence-corrected chi connectivity index (χ2v) is 2.80. The van der Waals surface area contributed by atoms with Gasteiger partial charge in [0.05, 0.1) is 0 Å². The molecule has 0 aromatic heterocycles. The van der Waals surface area contributed by atoms with Gasteiger partial charge < -0.3 is 11.1 Å². The van der Waals surface area contributed by atoms with Crippen LogP contribution in [0.5, 0.6) is 0 Å². The van der Waals surface area contributed by atoms with Crippen LogP contribution in [0.2, 0.25) is 0 Å². The fraction of sp³-hybridized carbons (Fsp3) is 0.400. The number of aryl methyl sites for hydroxylation is 1. The van der Waals surface area contributed by atoms with E-state index in [0.29, 0.717) is 0 Å². The Morgan fingerprint density at radius 1 is 1.33 bits per heavy atom. The summed E-state index contributed by atoms with van der Waals surface area (Å²) in [6.45, 7) is 5.15. The summed E-state index contributed by atoms with van der Waals surface area (Å²) in [7, 11) is 0. The summed E-state index contributed by atoms with van der Waals surface area (Å²) in [5.74, 6) is 0. The quantitative estimate of drug-likeness (QED) is 0.672. The molecule has 1 aromatic carbocycles. The predicted octanol–water partition coefficient (Wildman–Crippen LogP) is 2.26. The van der Waals surface area contributed by atoms with Gasteiger partial charge in [0.1, 0.15) is 0 Å². The van der Waals surface area contributed by atoms with E-state index in [1.165, 1.54) is 5.56 Å². The van der Waals surface area contributed by atoms with Crippen molar-refractivity contribution < 1.29 is 0 Å². The van der Waals surface area contributed by atoms with Crippen molar-refractivity contribution in [2.45, 2.75) is 20.3 Å². The van der Waals surface area contributed by atoms with Crippen molar-refractivity contribution in [2.75, 3.05) is 17.6 Å². The molecule has 0 aliphatic carbocycles. The number of hydrogen-bond acceptors (Lipinski definition) is 2. The van der Waals surface area contributed by atoms with Crippen LogP contribution in [0.25, 0.3) is 0 Å². The van der Waals surface area contributed by atoms with Crippen LogP contribution in [0.4, 0.5) is 11.4 Å². The monoisotopic (exact) mass is 164 g/mol. The fourth-order valence-corrected chi connectivity index (χ4v) is 1.23. The van der Waals surface area contributed by atoms with Gasteiger partial charge in [-0.1, -0.05) is 6.92 Å². The lowest BCUT2D eigenvalue weighted by atomic mass is 10.1. The Hall–Kier alpha value is -1.18. The van der Waals surface area contributed by atoms with E-state index in [4.69, 9.17) is 5.73 Å². The summed E-state index contributed by atoms with van der Waals surface area (Å²) < 4.78 is 0.